The largest absolute Gasteiger partial charge is 0.315 e. The molecular formula is C13H15ClN2OS. The molecule has 1 heterocycles. The number of rotatable bonds is 2. The number of nitriles is 1. The fraction of sp³-hybridized carbons (Fsp3) is 0.538. The summed E-state index contributed by atoms with van der Waals surface area (Å²) in [6, 6.07) is 2.23. The molecule has 0 bridgehead atoms. The van der Waals surface area contributed by atoms with Crippen LogP contribution < -0.4 is 5.32 Å². The van der Waals surface area contributed by atoms with E-state index >= 15 is 0 Å². The molecule has 0 aromatic carbocycles. The number of amides is 1. The summed E-state index contributed by atoms with van der Waals surface area (Å²) in [6.45, 7) is 1.63. The van der Waals surface area contributed by atoms with E-state index in [0.29, 0.717) is 10.6 Å². The predicted molar refractivity (Wildman–Crippen MR) is 74.2 cm³/mol. The maximum atomic E-state index is 11.6. The first-order chi connectivity index (χ1) is 8.63. The smallest absolute Gasteiger partial charge is 0.242 e. The Balaban J connectivity index is 2.32. The van der Waals surface area contributed by atoms with Crippen LogP contribution in [0.3, 0.4) is 0 Å². The number of fused-ring (bicyclic) bond motifs is 1. The molecule has 3 nitrogen and oxygen atoms in total. The van der Waals surface area contributed by atoms with Gasteiger partial charge in [0, 0.05) is 4.88 Å². The van der Waals surface area contributed by atoms with Crippen molar-refractivity contribution in [3.63, 3.8) is 0 Å². The molecule has 96 valence electrons. The van der Waals surface area contributed by atoms with Crippen molar-refractivity contribution in [2.45, 2.75) is 44.4 Å². The number of anilines is 1. The Morgan fingerprint density at radius 1 is 1.44 bits per heavy atom. The van der Waals surface area contributed by atoms with E-state index in [1.807, 2.05) is 0 Å². The summed E-state index contributed by atoms with van der Waals surface area (Å²) in [5, 5.41) is 12.1. The average molecular weight is 283 g/mol. The molecule has 0 fully saturated rings. The third-order valence-electron chi connectivity index (χ3n) is 3.13. The van der Waals surface area contributed by atoms with Crippen LogP contribution in [0.15, 0.2) is 0 Å². The van der Waals surface area contributed by atoms with Gasteiger partial charge in [-0.25, -0.2) is 0 Å². The zero-order valence-corrected chi connectivity index (χ0v) is 11.8. The molecule has 1 unspecified atom stereocenters. The highest BCUT2D eigenvalue weighted by Gasteiger charge is 2.21. The molecule has 18 heavy (non-hydrogen) atoms. The second-order valence-electron chi connectivity index (χ2n) is 4.49. The molecule has 2 rings (SSSR count). The van der Waals surface area contributed by atoms with E-state index in [1.54, 1.807) is 6.92 Å². The highest BCUT2D eigenvalue weighted by atomic mass is 35.5. The van der Waals surface area contributed by atoms with Gasteiger partial charge in [0.05, 0.1) is 5.56 Å². The second kappa shape index (κ2) is 5.73. The lowest BCUT2D eigenvalue weighted by Crippen LogP contribution is -2.20. The van der Waals surface area contributed by atoms with Gasteiger partial charge >= 0.3 is 0 Å². The maximum absolute atomic E-state index is 11.6. The molecule has 5 heteroatoms. The molecule has 1 N–H and O–H groups in total. The van der Waals surface area contributed by atoms with Crippen molar-refractivity contribution in [1.82, 2.24) is 0 Å². The van der Waals surface area contributed by atoms with Gasteiger partial charge in [0.1, 0.15) is 16.4 Å². The third-order valence-corrected chi connectivity index (χ3v) is 4.54. The minimum absolute atomic E-state index is 0.246. The molecule has 1 aliphatic rings. The molecule has 1 aromatic rings. The van der Waals surface area contributed by atoms with Gasteiger partial charge in [-0.05, 0) is 38.2 Å². The van der Waals surface area contributed by atoms with Crippen LogP contribution in [-0.4, -0.2) is 11.3 Å². The Labute approximate surface area is 116 Å². The van der Waals surface area contributed by atoms with E-state index in [2.05, 4.69) is 11.4 Å². The first-order valence-electron chi connectivity index (χ1n) is 6.13. The van der Waals surface area contributed by atoms with Crippen molar-refractivity contribution in [3.05, 3.63) is 16.0 Å². The lowest BCUT2D eigenvalue weighted by molar-refractivity contribution is -0.115. The molecular weight excluding hydrogens is 268 g/mol. The summed E-state index contributed by atoms with van der Waals surface area (Å²) in [7, 11) is 0. The summed E-state index contributed by atoms with van der Waals surface area (Å²) in [5.74, 6) is -0.246. The Kier molecular flexibility index (Phi) is 4.26. The fourth-order valence-corrected chi connectivity index (χ4v) is 3.46. The van der Waals surface area contributed by atoms with Crippen molar-refractivity contribution in [2.75, 3.05) is 5.32 Å². The molecule has 0 aliphatic heterocycles. The second-order valence-corrected chi connectivity index (χ2v) is 6.25. The summed E-state index contributed by atoms with van der Waals surface area (Å²) < 4.78 is 0. The van der Waals surface area contributed by atoms with Gasteiger partial charge in [0.15, 0.2) is 0 Å². The SMILES string of the molecule is CC(Cl)C(=O)Nc1sc2c(c1C#N)CCCCC2. The molecule has 0 radical (unpaired) electrons. The minimum Gasteiger partial charge on any atom is -0.315 e. The van der Waals surface area contributed by atoms with Crippen molar-refractivity contribution < 1.29 is 4.79 Å². The Hall–Kier alpha value is -1.05. The molecule has 1 amide bonds. The predicted octanol–water partition coefficient (Wildman–Crippen LogP) is 3.45. The highest BCUT2D eigenvalue weighted by Crippen LogP contribution is 2.37. The number of hydrogen-bond acceptors (Lipinski definition) is 3. The summed E-state index contributed by atoms with van der Waals surface area (Å²) >= 11 is 7.27. The Morgan fingerprint density at radius 2 is 2.17 bits per heavy atom. The van der Waals surface area contributed by atoms with Gasteiger partial charge in [-0.3, -0.25) is 4.79 Å². The lowest BCUT2D eigenvalue weighted by atomic mass is 10.1. The van der Waals surface area contributed by atoms with Crippen LogP contribution in [0.25, 0.3) is 0 Å². The monoisotopic (exact) mass is 282 g/mol. The van der Waals surface area contributed by atoms with Crippen molar-refractivity contribution in [2.24, 2.45) is 0 Å². The number of nitrogens with one attached hydrogen (secondary N) is 1. The summed E-state index contributed by atoms with van der Waals surface area (Å²) in [6.07, 6.45) is 5.46. The maximum Gasteiger partial charge on any atom is 0.242 e. The number of carbonyl (C=O) groups excluding carboxylic acids is 1. The number of hydrogen-bond donors (Lipinski definition) is 1. The van der Waals surface area contributed by atoms with Crippen LogP contribution in [-0.2, 0) is 17.6 Å². The molecule has 1 atom stereocenters. The molecule has 0 spiro atoms. The molecule has 0 saturated heterocycles. The quantitative estimate of drug-likeness (QED) is 0.667. The zero-order chi connectivity index (χ0) is 13.1. The number of thiophene rings is 1. The number of carbonyl (C=O) groups is 1. The van der Waals surface area contributed by atoms with Gasteiger partial charge in [0.25, 0.3) is 0 Å². The van der Waals surface area contributed by atoms with E-state index < -0.39 is 5.38 Å². The number of alkyl halides is 1. The average Bonchev–Trinajstić information content (AvgIpc) is 2.50. The van der Waals surface area contributed by atoms with E-state index in [-0.39, 0.29) is 5.91 Å². The van der Waals surface area contributed by atoms with Gasteiger partial charge in [-0.15, -0.1) is 22.9 Å². The number of aryl methyl sites for hydroxylation is 1. The van der Waals surface area contributed by atoms with Crippen LogP contribution in [0.1, 0.15) is 42.2 Å². The first-order valence-corrected chi connectivity index (χ1v) is 7.38. The fourth-order valence-electron chi connectivity index (χ4n) is 2.16. The van der Waals surface area contributed by atoms with Crippen molar-refractivity contribution in [3.8, 4) is 6.07 Å². The van der Waals surface area contributed by atoms with Gasteiger partial charge in [-0.1, -0.05) is 6.42 Å². The van der Waals surface area contributed by atoms with Crippen LogP contribution in [0.4, 0.5) is 5.00 Å². The lowest BCUT2D eigenvalue weighted by Gasteiger charge is -2.04. The summed E-state index contributed by atoms with van der Waals surface area (Å²) in [5.41, 5.74) is 1.78. The zero-order valence-electron chi connectivity index (χ0n) is 10.3. The summed E-state index contributed by atoms with van der Waals surface area (Å²) in [4.78, 5) is 12.9. The van der Waals surface area contributed by atoms with Crippen molar-refractivity contribution >= 4 is 33.8 Å². The minimum atomic E-state index is -0.585. The number of nitrogens with zero attached hydrogens (tertiary/aromatic N) is 1. The number of halogens is 1. The van der Waals surface area contributed by atoms with Gasteiger partial charge in [0.2, 0.25) is 5.91 Å². The van der Waals surface area contributed by atoms with Crippen LogP contribution in [0.5, 0.6) is 0 Å². The molecule has 0 saturated carbocycles. The van der Waals surface area contributed by atoms with Crippen LogP contribution in [0.2, 0.25) is 0 Å². The van der Waals surface area contributed by atoms with Gasteiger partial charge in [-0.2, -0.15) is 5.26 Å². The third kappa shape index (κ3) is 2.68. The van der Waals surface area contributed by atoms with Crippen LogP contribution >= 0.6 is 22.9 Å². The van der Waals surface area contributed by atoms with E-state index in [9.17, 15) is 10.1 Å². The highest BCUT2D eigenvalue weighted by molar-refractivity contribution is 7.16. The van der Waals surface area contributed by atoms with E-state index in [4.69, 9.17) is 11.6 Å². The normalized spacial score (nSPS) is 16.3. The Bertz CT molecular complexity index is 502. The van der Waals surface area contributed by atoms with Gasteiger partial charge < -0.3 is 5.32 Å². The topological polar surface area (TPSA) is 52.9 Å². The molecule has 1 aromatic heterocycles. The van der Waals surface area contributed by atoms with E-state index in [1.165, 1.54) is 22.6 Å². The first kappa shape index (κ1) is 13.4. The van der Waals surface area contributed by atoms with Crippen molar-refractivity contribution in [1.29, 1.82) is 5.26 Å². The standard InChI is InChI=1S/C13H15ClN2OS/c1-8(14)12(17)16-13-10(7-15)9-5-3-2-4-6-11(9)18-13/h8H,2-6H2,1H3,(H,16,17). The Morgan fingerprint density at radius 3 is 2.83 bits per heavy atom. The van der Waals surface area contributed by atoms with E-state index in [0.717, 1.165) is 31.2 Å². The molecule has 1 aliphatic carbocycles. The van der Waals surface area contributed by atoms with Crippen LogP contribution in [0, 0.1) is 11.3 Å².